The first kappa shape index (κ1) is 12.4. The second kappa shape index (κ2) is 5.05. The van der Waals surface area contributed by atoms with Gasteiger partial charge in [-0.15, -0.1) is 0 Å². The molecule has 0 bridgehead atoms. The second-order valence-corrected chi connectivity index (χ2v) is 6.19. The molecule has 16 heavy (non-hydrogen) atoms. The molecule has 0 aromatic rings. The summed E-state index contributed by atoms with van der Waals surface area (Å²) in [6.07, 6.45) is 6.85. The summed E-state index contributed by atoms with van der Waals surface area (Å²) in [4.78, 5) is 2.73. The molecule has 2 fully saturated rings. The highest BCUT2D eigenvalue weighted by Crippen LogP contribution is 2.38. The van der Waals surface area contributed by atoms with Crippen molar-refractivity contribution >= 4 is 0 Å². The Hall–Kier alpha value is -0.0800. The van der Waals surface area contributed by atoms with Gasteiger partial charge in [0.25, 0.3) is 0 Å². The van der Waals surface area contributed by atoms with Gasteiger partial charge in [0.15, 0.2) is 0 Å². The molecule has 2 heteroatoms. The van der Waals surface area contributed by atoms with Gasteiger partial charge in [0, 0.05) is 6.04 Å². The third kappa shape index (κ3) is 2.43. The quantitative estimate of drug-likeness (QED) is 0.713. The molecular weight excluding hydrogens is 198 g/mol. The third-order valence-corrected chi connectivity index (χ3v) is 4.33. The van der Waals surface area contributed by atoms with Crippen LogP contribution in [0.3, 0.4) is 0 Å². The van der Waals surface area contributed by atoms with Crippen molar-refractivity contribution in [1.82, 2.24) is 4.90 Å². The molecule has 1 spiro atoms. The van der Waals surface area contributed by atoms with Gasteiger partial charge in [-0.05, 0) is 38.6 Å². The first-order valence-electron chi connectivity index (χ1n) is 6.98. The first-order valence-corrected chi connectivity index (χ1v) is 6.98. The summed E-state index contributed by atoms with van der Waals surface area (Å²) >= 11 is 0. The zero-order valence-corrected chi connectivity index (χ0v) is 11.2. The third-order valence-electron chi connectivity index (χ3n) is 4.33. The van der Waals surface area contributed by atoms with E-state index in [0.717, 1.165) is 25.2 Å². The van der Waals surface area contributed by atoms with Crippen LogP contribution < -0.4 is 0 Å². The predicted octanol–water partition coefficient (Wildman–Crippen LogP) is 3.07. The number of hydrogen-bond donors (Lipinski definition) is 0. The van der Waals surface area contributed by atoms with Crippen molar-refractivity contribution in [3.8, 4) is 0 Å². The number of ether oxygens (including phenoxy) is 1. The second-order valence-electron chi connectivity index (χ2n) is 6.19. The van der Waals surface area contributed by atoms with Crippen LogP contribution in [0.5, 0.6) is 0 Å². The molecule has 2 nitrogen and oxygen atoms in total. The van der Waals surface area contributed by atoms with Crippen LogP contribution in [0.25, 0.3) is 0 Å². The molecule has 0 saturated carbocycles. The lowest BCUT2D eigenvalue weighted by atomic mass is 9.92. The topological polar surface area (TPSA) is 12.5 Å². The maximum atomic E-state index is 5.44. The highest BCUT2D eigenvalue weighted by atomic mass is 16.5. The Morgan fingerprint density at radius 2 is 1.94 bits per heavy atom. The van der Waals surface area contributed by atoms with Crippen LogP contribution in [-0.4, -0.2) is 36.2 Å². The van der Waals surface area contributed by atoms with E-state index < -0.39 is 0 Å². The van der Waals surface area contributed by atoms with Crippen LogP contribution in [0.1, 0.15) is 52.9 Å². The van der Waals surface area contributed by atoms with E-state index in [1.165, 1.54) is 38.6 Å². The normalized spacial score (nSPS) is 26.2. The molecule has 1 unspecified atom stereocenters. The molecule has 2 aliphatic rings. The van der Waals surface area contributed by atoms with Crippen molar-refractivity contribution in [1.29, 1.82) is 0 Å². The fourth-order valence-electron chi connectivity index (χ4n) is 3.27. The van der Waals surface area contributed by atoms with E-state index in [1.807, 2.05) is 0 Å². The molecular formula is C14H27NO. The van der Waals surface area contributed by atoms with Crippen LogP contribution in [0, 0.1) is 5.92 Å². The molecule has 0 aromatic carbocycles. The molecule has 0 aromatic heterocycles. The van der Waals surface area contributed by atoms with Gasteiger partial charge in [-0.3, -0.25) is 4.90 Å². The molecule has 2 aliphatic heterocycles. The Labute approximate surface area is 100 Å². The summed E-state index contributed by atoms with van der Waals surface area (Å²) in [7, 11) is 0. The maximum absolute atomic E-state index is 5.44. The average Bonchev–Trinajstić information content (AvgIpc) is 2.60. The number of likely N-dealkylation sites (tertiary alicyclic amines) is 1. The molecule has 2 heterocycles. The van der Waals surface area contributed by atoms with Crippen LogP contribution >= 0.6 is 0 Å². The van der Waals surface area contributed by atoms with E-state index in [4.69, 9.17) is 4.74 Å². The van der Waals surface area contributed by atoms with Crippen molar-refractivity contribution in [3.05, 3.63) is 0 Å². The molecule has 2 saturated heterocycles. The zero-order chi connectivity index (χ0) is 11.6. The zero-order valence-electron chi connectivity index (χ0n) is 11.2. The van der Waals surface area contributed by atoms with Crippen LogP contribution in [0.15, 0.2) is 0 Å². The van der Waals surface area contributed by atoms with Gasteiger partial charge >= 0.3 is 0 Å². The van der Waals surface area contributed by atoms with E-state index in [0.29, 0.717) is 5.54 Å². The summed E-state index contributed by atoms with van der Waals surface area (Å²) < 4.78 is 5.44. The van der Waals surface area contributed by atoms with E-state index in [1.54, 1.807) is 0 Å². The smallest absolute Gasteiger partial charge is 0.0681 e. The van der Waals surface area contributed by atoms with Gasteiger partial charge < -0.3 is 4.74 Å². The van der Waals surface area contributed by atoms with Crippen molar-refractivity contribution in [2.45, 2.75) is 64.5 Å². The fraction of sp³-hybridized carbons (Fsp3) is 1.00. The lowest BCUT2D eigenvalue weighted by Gasteiger charge is -2.48. The van der Waals surface area contributed by atoms with Crippen molar-refractivity contribution in [2.75, 3.05) is 19.8 Å². The standard InChI is InChI=1S/C14H27NO/c1-12(2)6-4-7-13(3)15-9-5-8-14(15)10-16-11-14/h12-13H,4-11H2,1-3H3. The molecule has 1 atom stereocenters. The van der Waals surface area contributed by atoms with Gasteiger partial charge in [0.2, 0.25) is 0 Å². The molecule has 0 aliphatic carbocycles. The Kier molecular flexibility index (Phi) is 3.91. The van der Waals surface area contributed by atoms with Gasteiger partial charge in [-0.25, -0.2) is 0 Å². The Bertz CT molecular complexity index is 223. The Morgan fingerprint density at radius 3 is 2.50 bits per heavy atom. The van der Waals surface area contributed by atoms with E-state index in [-0.39, 0.29) is 0 Å². The van der Waals surface area contributed by atoms with E-state index in [9.17, 15) is 0 Å². The lowest BCUT2D eigenvalue weighted by molar-refractivity contribution is -0.134. The molecule has 0 N–H and O–H groups in total. The monoisotopic (exact) mass is 225 g/mol. The predicted molar refractivity (Wildman–Crippen MR) is 67.6 cm³/mol. The number of rotatable bonds is 5. The minimum atomic E-state index is 0.456. The minimum Gasteiger partial charge on any atom is -0.377 e. The Balaban J connectivity index is 1.77. The highest BCUT2D eigenvalue weighted by molar-refractivity contribution is 5.02. The van der Waals surface area contributed by atoms with Gasteiger partial charge in [-0.1, -0.05) is 26.7 Å². The SMILES string of the molecule is CC(C)CCCC(C)N1CCCC12COC2. The molecule has 0 radical (unpaired) electrons. The largest absolute Gasteiger partial charge is 0.377 e. The molecule has 2 rings (SSSR count). The van der Waals surface area contributed by atoms with Crippen molar-refractivity contribution in [2.24, 2.45) is 5.92 Å². The van der Waals surface area contributed by atoms with Crippen LogP contribution in [-0.2, 0) is 4.74 Å². The van der Waals surface area contributed by atoms with Crippen molar-refractivity contribution < 1.29 is 4.74 Å². The summed E-state index contributed by atoms with van der Waals surface area (Å²) in [5.74, 6) is 0.853. The van der Waals surface area contributed by atoms with Crippen LogP contribution in [0.4, 0.5) is 0 Å². The first-order chi connectivity index (χ1) is 7.64. The maximum Gasteiger partial charge on any atom is 0.0681 e. The summed E-state index contributed by atoms with van der Waals surface area (Å²) in [5.41, 5.74) is 0.456. The van der Waals surface area contributed by atoms with E-state index in [2.05, 4.69) is 25.7 Å². The average molecular weight is 225 g/mol. The van der Waals surface area contributed by atoms with Gasteiger partial charge in [0.05, 0.1) is 18.8 Å². The summed E-state index contributed by atoms with van der Waals surface area (Å²) in [5, 5.41) is 0. The van der Waals surface area contributed by atoms with Gasteiger partial charge in [-0.2, -0.15) is 0 Å². The molecule has 0 amide bonds. The van der Waals surface area contributed by atoms with Crippen molar-refractivity contribution in [3.63, 3.8) is 0 Å². The fourth-order valence-corrected chi connectivity index (χ4v) is 3.27. The minimum absolute atomic E-state index is 0.456. The Morgan fingerprint density at radius 1 is 1.19 bits per heavy atom. The number of nitrogens with zero attached hydrogens (tertiary/aromatic N) is 1. The lowest BCUT2D eigenvalue weighted by Crippen LogP contribution is -2.61. The summed E-state index contributed by atoms with van der Waals surface area (Å²) in [6.45, 7) is 10.3. The molecule has 94 valence electrons. The van der Waals surface area contributed by atoms with Crippen LogP contribution in [0.2, 0.25) is 0 Å². The van der Waals surface area contributed by atoms with E-state index >= 15 is 0 Å². The highest BCUT2D eigenvalue weighted by Gasteiger charge is 2.48. The number of hydrogen-bond acceptors (Lipinski definition) is 2. The van der Waals surface area contributed by atoms with Gasteiger partial charge in [0.1, 0.15) is 0 Å². The summed E-state index contributed by atoms with van der Waals surface area (Å²) in [6, 6.07) is 0.755.